The summed E-state index contributed by atoms with van der Waals surface area (Å²) < 4.78 is 19.1. The van der Waals surface area contributed by atoms with Gasteiger partial charge in [0.1, 0.15) is 6.04 Å². The Kier molecular flexibility index (Phi) is 8.29. The lowest BCUT2D eigenvalue weighted by Gasteiger charge is -2.29. The number of nitrogens with one attached hydrogen (secondary N) is 1. The van der Waals surface area contributed by atoms with Gasteiger partial charge in [-0.3, -0.25) is 9.59 Å². The molecule has 1 N–H and O–H groups in total. The number of rotatable bonds is 8. The third-order valence-corrected chi connectivity index (χ3v) is 4.73. The van der Waals surface area contributed by atoms with Crippen molar-refractivity contribution < 1.29 is 18.7 Å². The molecule has 0 aliphatic rings. The fraction of sp³-hybridized carbons (Fsp3) is 0.333. The van der Waals surface area contributed by atoms with Crippen LogP contribution in [0.5, 0.6) is 5.75 Å². The Balaban J connectivity index is 2.21. The number of para-hydroxylation sites is 1. The highest BCUT2D eigenvalue weighted by Crippen LogP contribution is 2.23. The van der Waals surface area contributed by atoms with Crippen LogP contribution in [0.2, 0.25) is 10.0 Å². The maximum absolute atomic E-state index is 13.8. The fourth-order valence-corrected chi connectivity index (χ4v) is 3.07. The van der Waals surface area contributed by atoms with Gasteiger partial charge in [0.25, 0.3) is 5.91 Å². The number of ether oxygens (including phenoxy) is 1. The predicted octanol–water partition coefficient (Wildman–Crippen LogP) is 4.45. The molecule has 0 spiro atoms. The summed E-state index contributed by atoms with van der Waals surface area (Å²) >= 11 is 12.2. The molecular formula is C21H23Cl2FN2O3. The van der Waals surface area contributed by atoms with Gasteiger partial charge >= 0.3 is 0 Å². The minimum absolute atomic E-state index is 0.0374. The lowest BCUT2D eigenvalue weighted by molar-refractivity contribution is -0.142. The average Bonchev–Trinajstić information content (AvgIpc) is 2.65. The standard InChI is InChI=1S/C21H23Cl2FN2O3/c1-13(2)25-21(28)14(3)26(11-15-8-9-16(22)10-17(15)23)20(27)12-29-19-7-5-4-6-18(19)24/h4-10,13-14H,11-12H2,1-3H3,(H,25,28). The summed E-state index contributed by atoms with van der Waals surface area (Å²) in [7, 11) is 0. The summed E-state index contributed by atoms with van der Waals surface area (Å²) in [5.74, 6) is -1.40. The van der Waals surface area contributed by atoms with E-state index >= 15 is 0 Å². The predicted molar refractivity (Wildman–Crippen MR) is 112 cm³/mol. The first-order valence-electron chi connectivity index (χ1n) is 9.10. The summed E-state index contributed by atoms with van der Waals surface area (Å²) in [5, 5.41) is 3.62. The molecule has 1 atom stereocenters. The van der Waals surface area contributed by atoms with Gasteiger partial charge in [-0.15, -0.1) is 0 Å². The molecule has 0 fully saturated rings. The summed E-state index contributed by atoms with van der Waals surface area (Å²) in [5.41, 5.74) is 0.625. The molecule has 0 heterocycles. The number of carbonyl (C=O) groups is 2. The maximum Gasteiger partial charge on any atom is 0.261 e. The first-order chi connectivity index (χ1) is 13.7. The van der Waals surface area contributed by atoms with E-state index in [0.29, 0.717) is 15.6 Å². The summed E-state index contributed by atoms with van der Waals surface area (Å²) in [6, 6.07) is 9.83. The molecule has 29 heavy (non-hydrogen) atoms. The molecule has 0 bridgehead atoms. The highest BCUT2D eigenvalue weighted by molar-refractivity contribution is 6.35. The van der Waals surface area contributed by atoms with Crippen LogP contribution in [0.3, 0.4) is 0 Å². The van der Waals surface area contributed by atoms with Crippen LogP contribution >= 0.6 is 23.2 Å². The van der Waals surface area contributed by atoms with Gasteiger partial charge in [0.2, 0.25) is 5.91 Å². The Bertz CT molecular complexity index is 877. The third kappa shape index (κ3) is 6.61. The van der Waals surface area contributed by atoms with E-state index in [9.17, 15) is 14.0 Å². The maximum atomic E-state index is 13.8. The first-order valence-corrected chi connectivity index (χ1v) is 9.85. The molecule has 2 aromatic carbocycles. The molecule has 0 aromatic heterocycles. The number of benzene rings is 2. The van der Waals surface area contributed by atoms with Crippen LogP contribution < -0.4 is 10.1 Å². The molecule has 0 saturated heterocycles. The lowest BCUT2D eigenvalue weighted by Crippen LogP contribution is -2.50. The Labute approximate surface area is 179 Å². The molecule has 0 saturated carbocycles. The van der Waals surface area contributed by atoms with Gasteiger partial charge in [0.05, 0.1) is 0 Å². The smallest absolute Gasteiger partial charge is 0.261 e. The average molecular weight is 441 g/mol. The zero-order valence-electron chi connectivity index (χ0n) is 16.4. The Morgan fingerprint density at radius 3 is 2.45 bits per heavy atom. The quantitative estimate of drug-likeness (QED) is 0.659. The Hall–Kier alpha value is -2.31. The number of amides is 2. The van der Waals surface area contributed by atoms with Crippen molar-refractivity contribution in [1.29, 1.82) is 0 Å². The van der Waals surface area contributed by atoms with E-state index < -0.39 is 24.4 Å². The highest BCUT2D eigenvalue weighted by Gasteiger charge is 2.27. The van der Waals surface area contributed by atoms with Gasteiger partial charge in [0.15, 0.2) is 18.2 Å². The van der Waals surface area contributed by atoms with Crippen molar-refractivity contribution in [1.82, 2.24) is 10.2 Å². The van der Waals surface area contributed by atoms with Crippen molar-refractivity contribution in [3.8, 4) is 5.75 Å². The van der Waals surface area contributed by atoms with Crippen LogP contribution in [-0.4, -0.2) is 35.4 Å². The summed E-state index contributed by atoms with van der Waals surface area (Å²) in [6.07, 6.45) is 0. The topological polar surface area (TPSA) is 58.6 Å². The van der Waals surface area contributed by atoms with Crippen LogP contribution in [0, 0.1) is 5.82 Å². The van der Waals surface area contributed by atoms with Gasteiger partial charge in [-0.05, 0) is 50.6 Å². The van der Waals surface area contributed by atoms with E-state index in [1.807, 2.05) is 13.8 Å². The second kappa shape index (κ2) is 10.5. The molecule has 0 radical (unpaired) electrons. The molecule has 1 unspecified atom stereocenters. The minimum Gasteiger partial charge on any atom is -0.481 e. The van der Waals surface area contributed by atoms with E-state index in [1.54, 1.807) is 31.2 Å². The van der Waals surface area contributed by atoms with Crippen molar-refractivity contribution in [2.24, 2.45) is 0 Å². The second-order valence-corrected chi connectivity index (χ2v) is 7.66. The van der Waals surface area contributed by atoms with E-state index in [1.165, 1.54) is 23.1 Å². The Morgan fingerprint density at radius 2 is 1.83 bits per heavy atom. The van der Waals surface area contributed by atoms with Crippen LogP contribution in [0.4, 0.5) is 4.39 Å². The van der Waals surface area contributed by atoms with Crippen molar-refractivity contribution in [2.45, 2.75) is 39.4 Å². The van der Waals surface area contributed by atoms with Crippen molar-refractivity contribution >= 4 is 35.0 Å². The largest absolute Gasteiger partial charge is 0.481 e. The highest BCUT2D eigenvalue weighted by atomic mass is 35.5. The molecule has 2 aromatic rings. The molecule has 156 valence electrons. The Morgan fingerprint density at radius 1 is 1.14 bits per heavy atom. The van der Waals surface area contributed by atoms with Gasteiger partial charge in [-0.25, -0.2) is 4.39 Å². The normalized spacial score (nSPS) is 11.8. The van der Waals surface area contributed by atoms with Crippen LogP contribution in [-0.2, 0) is 16.1 Å². The van der Waals surface area contributed by atoms with Gasteiger partial charge in [0, 0.05) is 22.6 Å². The summed E-state index contributed by atoms with van der Waals surface area (Å²) in [4.78, 5) is 26.7. The van der Waals surface area contributed by atoms with E-state index in [0.717, 1.165) is 0 Å². The van der Waals surface area contributed by atoms with Crippen LogP contribution in [0.25, 0.3) is 0 Å². The lowest BCUT2D eigenvalue weighted by atomic mass is 10.1. The van der Waals surface area contributed by atoms with Crippen molar-refractivity contribution in [3.05, 3.63) is 63.9 Å². The van der Waals surface area contributed by atoms with E-state index in [-0.39, 0.29) is 24.2 Å². The summed E-state index contributed by atoms with van der Waals surface area (Å²) in [6.45, 7) is 4.92. The molecule has 5 nitrogen and oxygen atoms in total. The number of nitrogens with zero attached hydrogens (tertiary/aromatic N) is 1. The SMILES string of the molecule is CC(C)NC(=O)C(C)N(Cc1ccc(Cl)cc1Cl)C(=O)COc1ccccc1F. The van der Waals surface area contributed by atoms with Crippen LogP contribution in [0.1, 0.15) is 26.3 Å². The third-order valence-electron chi connectivity index (χ3n) is 4.14. The molecule has 8 heteroatoms. The van der Waals surface area contributed by atoms with E-state index in [2.05, 4.69) is 5.32 Å². The molecule has 0 aliphatic heterocycles. The zero-order valence-corrected chi connectivity index (χ0v) is 17.9. The van der Waals surface area contributed by atoms with E-state index in [4.69, 9.17) is 27.9 Å². The molecule has 2 amide bonds. The monoisotopic (exact) mass is 440 g/mol. The zero-order chi connectivity index (χ0) is 21.6. The van der Waals surface area contributed by atoms with Crippen LogP contribution in [0.15, 0.2) is 42.5 Å². The van der Waals surface area contributed by atoms with Gasteiger partial charge in [-0.1, -0.05) is 41.4 Å². The number of hydrogen-bond donors (Lipinski definition) is 1. The number of halogens is 3. The fourth-order valence-electron chi connectivity index (χ4n) is 2.61. The number of hydrogen-bond acceptors (Lipinski definition) is 3. The molecular weight excluding hydrogens is 418 g/mol. The molecule has 2 rings (SSSR count). The van der Waals surface area contributed by atoms with Gasteiger partial charge in [-0.2, -0.15) is 0 Å². The van der Waals surface area contributed by atoms with Gasteiger partial charge < -0.3 is 15.0 Å². The number of carbonyl (C=O) groups excluding carboxylic acids is 2. The first kappa shape index (κ1) is 23.0. The molecule has 0 aliphatic carbocycles. The van der Waals surface area contributed by atoms with Crippen molar-refractivity contribution in [2.75, 3.05) is 6.61 Å². The van der Waals surface area contributed by atoms with Crippen molar-refractivity contribution in [3.63, 3.8) is 0 Å². The minimum atomic E-state index is -0.791. The second-order valence-electron chi connectivity index (χ2n) is 6.82.